The second-order valence-electron chi connectivity index (χ2n) is 7.90. The summed E-state index contributed by atoms with van der Waals surface area (Å²) in [5.41, 5.74) is 1.77. The summed E-state index contributed by atoms with van der Waals surface area (Å²) in [7, 11) is 1.78. The van der Waals surface area contributed by atoms with Crippen molar-refractivity contribution in [1.82, 2.24) is 19.8 Å². The maximum Gasteiger partial charge on any atom is 0.261 e. The second-order valence-corrected chi connectivity index (χ2v) is 7.90. The molecule has 0 bridgehead atoms. The van der Waals surface area contributed by atoms with Gasteiger partial charge in [0.05, 0.1) is 18.3 Å². The Morgan fingerprint density at radius 3 is 2.78 bits per heavy atom. The molecule has 0 spiro atoms. The molecule has 4 rings (SSSR count). The van der Waals surface area contributed by atoms with Gasteiger partial charge in [0.25, 0.3) is 5.91 Å². The smallest absolute Gasteiger partial charge is 0.261 e. The van der Waals surface area contributed by atoms with Crippen molar-refractivity contribution < 1.29 is 23.1 Å². The molecule has 2 aliphatic heterocycles. The van der Waals surface area contributed by atoms with Crippen LogP contribution in [0.1, 0.15) is 42.9 Å². The molecule has 0 radical (unpaired) electrons. The second kappa shape index (κ2) is 9.05. The maximum atomic E-state index is 13.8. The predicted octanol–water partition coefficient (Wildman–Crippen LogP) is 2.44. The first kappa shape index (κ1) is 21.9. The van der Waals surface area contributed by atoms with Crippen molar-refractivity contribution in [2.24, 2.45) is 0 Å². The van der Waals surface area contributed by atoms with E-state index in [-0.39, 0.29) is 30.2 Å². The summed E-state index contributed by atoms with van der Waals surface area (Å²) in [6.07, 6.45) is 2.13. The minimum absolute atomic E-state index is 0.00957. The summed E-state index contributed by atoms with van der Waals surface area (Å²) < 4.78 is 32.2. The molecule has 2 amide bonds. The van der Waals surface area contributed by atoms with Gasteiger partial charge < -0.3 is 19.9 Å². The molecule has 1 aromatic heterocycles. The van der Waals surface area contributed by atoms with Crippen LogP contribution >= 0.6 is 0 Å². The number of hydrogen-bond donors (Lipinski definition) is 1. The lowest BCUT2D eigenvalue weighted by Crippen LogP contribution is -2.37. The van der Waals surface area contributed by atoms with Crippen LogP contribution in [-0.2, 0) is 22.6 Å². The molecular formula is C22H25F2N5O3. The van der Waals surface area contributed by atoms with E-state index in [1.165, 1.54) is 6.92 Å². The zero-order valence-corrected chi connectivity index (χ0v) is 18.0. The number of ether oxygens (including phenoxy) is 1. The molecule has 1 aromatic carbocycles. The average molecular weight is 445 g/mol. The van der Waals surface area contributed by atoms with Crippen LogP contribution in [0.4, 0.5) is 14.6 Å². The molecule has 2 aromatic rings. The normalized spacial score (nSPS) is 17.8. The number of rotatable bonds is 5. The predicted molar refractivity (Wildman–Crippen MR) is 112 cm³/mol. The Hall–Kier alpha value is -3.30. The molecule has 0 aliphatic carbocycles. The molecule has 2 aliphatic rings. The number of hydrogen-bond acceptors (Lipinski definition) is 6. The van der Waals surface area contributed by atoms with Gasteiger partial charge in [-0.2, -0.15) is 0 Å². The van der Waals surface area contributed by atoms with Gasteiger partial charge in [-0.15, -0.1) is 0 Å². The highest BCUT2D eigenvalue weighted by molar-refractivity contribution is 5.78. The van der Waals surface area contributed by atoms with E-state index in [2.05, 4.69) is 10.3 Å². The van der Waals surface area contributed by atoms with E-state index in [0.717, 1.165) is 29.8 Å². The molecule has 0 saturated carbocycles. The quantitative estimate of drug-likeness (QED) is 0.761. The van der Waals surface area contributed by atoms with E-state index in [1.54, 1.807) is 16.8 Å². The highest BCUT2D eigenvalue weighted by atomic mass is 19.1. The third-order valence-electron chi connectivity index (χ3n) is 5.88. The Labute approximate surface area is 184 Å². The van der Waals surface area contributed by atoms with Crippen LogP contribution in [0.5, 0.6) is 5.75 Å². The molecule has 8 nitrogen and oxygen atoms in total. The average Bonchev–Trinajstić information content (AvgIpc) is 3.27. The van der Waals surface area contributed by atoms with Gasteiger partial charge >= 0.3 is 0 Å². The first-order valence-corrected chi connectivity index (χ1v) is 10.6. The molecule has 170 valence electrons. The Kier molecular flexibility index (Phi) is 6.20. The molecule has 10 heteroatoms. The standard InChI is InChI=1S/C22H25F2N5O3/c1-13(30)28-9-7-15-17(11-28)26-22(27-21(15)25-2)18-4-3-8-29(18)20(31)12-32-19-6-5-14(23)10-16(19)24/h5-6,10,18H,3-4,7-9,11-12H2,1-2H3,(H,25,26,27). The largest absolute Gasteiger partial charge is 0.481 e. The van der Waals surface area contributed by atoms with Gasteiger partial charge in [0.15, 0.2) is 24.0 Å². The van der Waals surface area contributed by atoms with Crippen molar-refractivity contribution in [2.75, 3.05) is 32.1 Å². The monoisotopic (exact) mass is 445 g/mol. The Bertz CT molecular complexity index is 1050. The van der Waals surface area contributed by atoms with E-state index in [4.69, 9.17) is 9.72 Å². The number of benzene rings is 1. The van der Waals surface area contributed by atoms with Crippen molar-refractivity contribution in [2.45, 2.75) is 38.8 Å². The number of amides is 2. The van der Waals surface area contributed by atoms with Crippen LogP contribution in [0.25, 0.3) is 0 Å². The summed E-state index contributed by atoms with van der Waals surface area (Å²) in [5, 5.41) is 3.11. The third-order valence-corrected chi connectivity index (χ3v) is 5.88. The van der Waals surface area contributed by atoms with Gasteiger partial charge in [-0.25, -0.2) is 18.7 Å². The molecule has 1 fully saturated rings. The summed E-state index contributed by atoms with van der Waals surface area (Å²) >= 11 is 0. The SMILES string of the molecule is CNc1nc(C2CCCN2C(=O)COc2ccc(F)cc2F)nc2c1CCN(C(C)=O)C2. The minimum atomic E-state index is -0.859. The summed E-state index contributed by atoms with van der Waals surface area (Å²) in [6.45, 7) is 2.69. The Morgan fingerprint density at radius 2 is 2.06 bits per heavy atom. The molecule has 1 atom stereocenters. The molecular weight excluding hydrogens is 420 g/mol. The number of nitrogens with zero attached hydrogens (tertiary/aromatic N) is 4. The Balaban J connectivity index is 1.53. The van der Waals surface area contributed by atoms with Crippen molar-refractivity contribution >= 4 is 17.6 Å². The van der Waals surface area contributed by atoms with E-state index >= 15 is 0 Å². The number of carbonyl (C=O) groups excluding carboxylic acids is 2. The lowest BCUT2D eigenvalue weighted by Gasteiger charge is -2.30. The van der Waals surface area contributed by atoms with Crippen molar-refractivity contribution in [3.63, 3.8) is 0 Å². The highest BCUT2D eigenvalue weighted by Gasteiger charge is 2.34. The number of carbonyl (C=O) groups is 2. The van der Waals surface area contributed by atoms with E-state index in [9.17, 15) is 18.4 Å². The van der Waals surface area contributed by atoms with E-state index < -0.39 is 11.6 Å². The van der Waals surface area contributed by atoms with Crippen molar-refractivity contribution in [1.29, 1.82) is 0 Å². The molecule has 1 saturated heterocycles. The van der Waals surface area contributed by atoms with E-state index in [1.807, 2.05) is 0 Å². The molecule has 1 N–H and O–H groups in total. The van der Waals surface area contributed by atoms with Gasteiger partial charge in [0, 0.05) is 38.7 Å². The highest BCUT2D eigenvalue weighted by Crippen LogP contribution is 2.33. The third kappa shape index (κ3) is 4.35. The summed E-state index contributed by atoms with van der Waals surface area (Å²) in [6, 6.07) is 2.61. The zero-order chi connectivity index (χ0) is 22.8. The van der Waals surface area contributed by atoms with Gasteiger partial charge in [0.2, 0.25) is 5.91 Å². The van der Waals surface area contributed by atoms with Crippen LogP contribution in [-0.4, -0.2) is 58.3 Å². The van der Waals surface area contributed by atoms with Gasteiger partial charge in [-0.1, -0.05) is 0 Å². The maximum absolute atomic E-state index is 13.8. The van der Waals surface area contributed by atoms with Gasteiger partial charge in [-0.05, 0) is 31.4 Å². The fourth-order valence-corrected chi connectivity index (χ4v) is 4.22. The van der Waals surface area contributed by atoms with Gasteiger partial charge in [0.1, 0.15) is 11.6 Å². The first-order valence-electron chi connectivity index (χ1n) is 10.6. The summed E-state index contributed by atoms with van der Waals surface area (Å²) in [5.74, 6) is -0.869. The fraction of sp³-hybridized carbons (Fsp3) is 0.455. The lowest BCUT2D eigenvalue weighted by atomic mass is 10.0. The van der Waals surface area contributed by atoms with Crippen molar-refractivity contribution in [3.8, 4) is 5.75 Å². The van der Waals surface area contributed by atoms with Gasteiger partial charge in [-0.3, -0.25) is 9.59 Å². The van der Waals surface area contributed by atoms with Crippen molar-refractivity contribution in [3.05, 3.63) is 46.9 Å². The number of halogens is 2. The number of likely N-dealkylation sites (tertiary alicyclic amines) is 1. The van der Waals surface area contributed by atoms with Crippen LogP contribution in [0.3, 0.4) is 0 Å². The lowest BCUT2D eigenvalue weighted by molar-refractivity contribution is -0.134. The number of aromatic nitrogens is 2. The van der Waals surface area contributed by atoms with E-state index in [0.29, 0.717) is 50.2 Å². The molecule has 1 unspecified atom stereocenters. The number of anilines is 1. The van der Waals surface area contributed by atoms with Crippen LogP contribution < -0.4 is 10.1 Å². The topological polar surface area (TPSA) is 87.7 Å². The number of nitrogens with one attached hydrogen (secondary N) is 1. The van der Waals surface area contributed by atoms with Crippen LogP contribution in [0.2, 0.25) is 0 Å². The van der Waals surface area contributed by atoms with Crippen LogP contribution in [0, 0.1) is 11.6 Å². The molecule has 3 heterocycles. The minimum Gasteiger partial charge on any atom is -0.481 e. The van der Waals surface area contributed by atoms with Crippen LogP contribution in [0.15, 0.2) is 18.2 Å². The zero-order valence-electron chi connectivity index (χ0n) is 18.0. The number of fused-ring (bicyclic) bond motifs is 1. The first-order chi connectivity index (χ1) is 15.4. The molecule has 32 heavy (non-hydrogen) atoms. The summed E-state index contributed by atoms with van der Waals surface area (Å²) in [4.78, 5) is 37.4. The Morgan fingerprint density at radius 1 is 1.25 bits per heavy atom. The fourth-order valence-electron chi connectivity index (χ4n) is 4.22.